The van der Waals surface area contributed by atoms with E-state index in [4.69, 9.17) is 10.5 Å². The Bertz CT molecular complexity index is 1640. The van der Waals surface area contributed by atoms with Crippen LogP contribution >= 0.6 is 0 Å². The lowest BCUT2D eigenvalue weighted by atomic mass is 9.95. The summed E-state index contributed by atoms with van der Waals surface area (Å²) in [7, 11) is 0. The molecule has 4 heterocycles. The second-order valence-electron chi connectivity index (χ2n) is 10.2. The Hall–Kier alpha value is -4.56. The fraction of sp³-hybridized carbons (Fsp3) is 0.321. The van der Waals surface area contributed by atoms with Crippen molar-refractivity contribution in [3.63, 3.8) is 0 Å². The summed E-state index contributed by atoms with van der Waals surface area (Å²) in [5, 5.41) is 9.37. The van der Waals surface area contributed by atoms with Crippen molar-refractivity contribution in [2.45, 2.75) is 25.6 Å². The molecular weight excluding hydrogens is 553 g/mol. The maximum atomic E-state index is 13.7. The van der Waals surface area contributed by atoms with Gasteiger partial charge < -0.3 is 15.8 Å². The number of pyridine rings is 1. The Balaban J connectivity index is 1.31. The molecule has 42 heavy (non-hydrogen) atoms. The summed E-state index contributed by atoms with van der Waals surface area (Å²) in [5.74, 6) is -0.0415. The number of hydrogen-bond acceptors (Lipinski definition) is 8. The number of nitrogens with one attached hydrogen (secondary N) is 2. The van der Waals surface area contributed by atoms with Gasteiger partial charge >= 0.3 is 12.2 Å². The van der Waals surface area contributed by atoms with Gasteiger partial charge in [-0.1, -0.05) is 12.1 Å². The van der Waals surface area contributed by atoms with Gasteiger partial charge in [0.25, 0.3) is 0 Å². The van der Waals surface area contributed by atoms with Gasteiger partial charge in [-0.2, -0.15) is 18.3 Å². The number of amides is 2. The van der Waals surface area contributed by atoms with E-state index in [0.717, 1.165) is 50.0 Å². The van der Waals surface area contributed by atoms with E-state index in [1.807, 2.05) is 0 Å². The van der Waals surface area contributed by atoms with Gasteiger partial charge in [-0.05, 0) is 42.7 Å². The molecule has 4 N–H and O–H groups in total. The number of halogens is 3. The van der Waals surface area contributed by atoms with Crippen LogP contribution in [0.25, 0.3) is 16.6 Å². The summed E-state index contributed by atoms with van der Waals surface area (Å²) in [6.45, 7) is 3.13. The number of nitrogens with zero attached hydrogens (tertiary/aromatic N) is 5. The number of carbonyl (C=O) groups excluding carboxylic acids is 2. The van der Waals surface area contributed by atoms with Crippen LogP contribution in [0.15, 0.2) is 48.9 Å². The number of nitrogen functional groups attached to an aromatic ring is 1. The molecule has 2 aliphatic rings. The highest BCUT2D eigenvalue weighted by Gasteiger charge is 2.37. The lowest BCUT2D eigenvalue weighted by molar-refractivity contribution is -0.137. The third-order valence-corrected chi connectivity index (χ3v) is 7.28. The minimum atomic E-state index is -4.56. The molecule has 3 aromatic heterocycles. The first-order chi connectivity index (χ1) is 20.2. The first-order valence-corrected chi connectivity index (χ1v) is 13.4. The zero-order chi connectivity index (χ0) is 29.4. The average Bonchev–Trinajstić information content (AvgIpc) is 3.77. The van der Waals surface area contributed by atoms with Crippen LogP contribution in [0.5, 0.6) is 0 Å². The number of nitrogens with two attached hydrogens (primary N) is 1. The summed E-state index contributed by atoms with van der Waals surface area (Å²) < 4.78 is 46.2. The van der Waals surface area contributed by atoms with Crippen molar-refractivity contribution in [3.8, 4) is 11.1 Å². The van der Waals surface area contributed by atoms with Gasteiger partial charge in [-0.25, -0.2) is 19.3 Å². The van der Waals surface area contributed by atoms with Crippen LogP contribution in [0.4, 0.5) is 35.3 Å². The van der Waals surface area contributed by atoms with Gasteiger partial charge in [0.1, 0.15) is 17.7 Å². The number of rotatable bonds is 7. The van der Waals surface area contributed by atoms with Gasteiger partial charge in [0.15, 0.2) is 11.6 Å². The molecular formula is C28H27F3N8O3. The summed E-state index contributed by atoms with van der Waals surface area (Å²) >= 11 is 0. The average molecular weight is 581 g/mol. The maximum absolute atomic E-state index is 13.7. The van der Waals surface area contributed by atoms with Crippen molar-refractivity contribution in [1.82, 2.24) is 24.5 Å². The lowest BCUT2D eigenvalue weighted by Gasteiger charge is -2.26. The van der Waals surface area contributed by atoms with Crippen molar-refractivity contribution in [1.29, 1.82) is 0 Å². The van der Waals surface area contributed by atoms with E-state index in [9.17, 15) is 22.8 Å². The molecule has 0 bridgehead atoms. The molecule has 218 valence electrons. The number of ketones is 1. The molecule has 11 nitrogen and oxygen atoms in total. The fourth-order valence-corrected chi connectivity index (χ4v) is 5.06. The minimum absolute atomic E-state index is 0.0355. The number of hydrogen-bond donors (Lipinski definition) is 3. The molecule has 1 aliphatic carbocycles. The number of alkyl halides is 3. The van der Waals surface area contributed by atoms with E-state index < -0.39 is 17.8 Å². The molecule has 6 rings (SSSR count). The first kappa shape index (κ1) is 27.6. The molecule has 1 saturated carbocycles. The van der Waals surface area contributed by atoms with Crippen molar-refractivity contribution >= 4 is 34.7 Å². The van der Waals surface area contributed by atoms with E-state index >= 15 is 0 Å². The molecule has 0 spiro atoms. The first-order valence-electron chi connectivity index (χ1n) is 13.4. The minimum Gasteiger partial charge on any atom is -0.382 e. The van der Waals surface area contributed by atoms with Crippen molar-refractivity contribution in [3.05, 3.63) is 65.7 Å². The number of ether oxygens (including phenoxy) is 1. The number of Topliss-reactive ketones (excluding diaryl/α,β-unsaturated/α-hetero) is 1. The third-order valence-electron chi connectivity index (χ3n) is 7.28. The number of benzene rings is 1. The van der Waals surface area contributed by atoms with Crippen LogP contribution in [-0.2, 0) is 17.5 Å². The third kappa shape index (κ3) is 5.63. The largest absolute Gasteiger partial charge is 0.416 e. The maximum Gasteiger partial charge on any atom is 0.416 e. The summed E-state index contributed by atoms with van der Waals surface area (Å²) in [6.07, 6.45) is -0.586. The zero-order valence-corrected chi connectivity index (χ0v) is 22.3. The number of morpholine rings is 1. The predicted octanol–water partition coefficient (Wildman–Crippen LogP) is 4.46. The lowest BCUT2D eigenvalue weighted by Crippen LogP contribution is -2.36. The molecule has 1 saturated heterocycles. The van der Waals surface area contributed by atoms with Gasteiger partial charge in [0.05, 0.1) is 30.0 Å². The smallest absolute Gasteiger partial charge is 0.382 e. The molecule has 2 fully saturated rings. The highest BCUT2D eigenvalue weighted by molar-refractivity contribution is 6.11. The van der Waals surface area contributed by atoms with Crippen LogP contribution in [0.1, 0.15) is 34.5 Å². The summed E-state index contributed by atoms with van der Waals surface area (Å²) in [5.41, 5.74) is 8.92. The van der Waals surface area contributed by atoms with Crippen LogP contribution < -0.4 is 16.4 Å². The monoisotopic (exact) mass is 580 g/mol. The summed E-state index contributed by atoms with van der Waals surface area (Å²) in [6, 6.07) is 7.54. The Morgan fingerprint density at radius 1 is 1.05 bits per heavy atom. The number of carbonyl (C=O) groups is 2. The molecule has 4 aromatic rings. The van der Waals surface area contributed by atoms with E-state index in [1.165, 1.54) is 6.33 Å². The van der Waals surface area contributed by atoms with Gasteiger partial charge in [0, 0.05) is 43.0 Å². The van der Waals surface area contributed by atoms with E-state index in [-0.39, 0.29) is 23.3 Å². The van der Waals surface area contributed by atoms with Crippen LogP contribution in [0.3, 0.4) is 0 Å². The highest BCUT2D eigenvalue weighted by atomic mass is 19.4. The van der Waals surface area contributed by atoms with Crippen LogP contribution in [0, 0.1) is 5.92 Å². The predicted molar refractivity (Wildman–Crippen MR) is 148 cm³/mol. The molecule has 1 aliphatic heterocycles. The standard InChI is InChI=1S/C28H27F3N8O3/c29-28(30,31)18-7-8-33-21(13-18)37-27(41)36-19-5-3-16(4-6-19)22-23(25(40)17-1-2-17)20(14-38-9-11-42-12-10-38)39-24(22)26(32)34-15-35-39/h3-8,13,15,17H,1-2,9-12,14H2,(H2,32,34,35)(H2,33,36,37,41). The highest BCUT2D eigenvalue weighted by Crippen LogP contribution is 2.42. The molecule has 0 radical (unpaired) electrons. The van der Waals surface area contributed by atoms with Gasteiger partial charge in [-0.3, -0.25) is 15.0 Å². The van der Waals surface area contributed by atoms with Crippen LogP contribution in [-0.4, -0.2) is 62.6 Å². The van der Waals surface area contributed by atoms with E-state index in [0.29, 0.717) is 47.7 Å². The second kappa shape index (κ2) is 11.0. The second-order valence-corrected chi connectivity index (χ2v) is 10.2. The van der Waals surface area contributed by atoms with Gasteiger partial charge in [0.2, 0.25) is 0 Å². The number of aromatic nitrogens is 4. The normalized spacial score (nSPS) is 16.0. The molecule has 0 atom stereocenters. The van der Waals surface area contributed by atoms with Crippen molar-refractivity contribution in [2.75, 3.05) is 42.7 Å². The number of urea groups is 1. The Morgan fingerprint density at radius 3 is 2.48 bits per heavy atom. The SMILES string of the molecule is Nc1ncnn2c(CN3CCOCC3)c(C(=O)C3CC3)c(-c3ccc(NC(=O)Nc4cc(C(F)(F)F)ccn4)cc3)c12. The zero-order valence-electron chi connectivity index (χ0n) is 22.3. The Morgan fingerprint density at radius 2 is 1.79 bits per heavy atom. The molecule has 14 heteroatoms. The quantitative estimate of drug-likeness (QED) is 0.272. The molecule has 2 amide bonds. The fourth-order valence-electron chi connectivity index (χ4n) is 5.06. The topological polar surface area (TPSA) is 140 Å². The number of fused-ring (bicyclic) bond motifs is 1. The van der Waals surface area contributed by atoms with E-state index in [2.05, 4.69) is 30.6 Å². The Labute approximate surface area is 237 Å². The summed E-state index contributed by atoms with van der Waals surface area (Å²) in [4.78, 5) is 36.4. The number of anilines is 3. The van der Waals surface area contributed by atoms with Gasteiger partial charge in [-0.15, -0.1) is 0 Å². The van der Waals surface area contributed by atoms with Crippen molar-refractivity contribution in [2.24, 2.45) is 5.92 Å². The van der Waals surface area contributed by atoms with Crippen LogP contribution in [0.2, 0.25) is 0 Å². The Kier molecular flexibility index (Phi) is 7.24. The molecule has 0 unspecified atom stereocenters. The molecule has 1 aromatic carbocycles. The van der Waals surface area contributed by atoms with Crippen molar-refractivity contribution < 1.29 is 27.5 Å². The van der Waals surface area contributed by atoms with E-state index in [1.54, 1.807) is 28.8 Å².